The van der Waals surface area contributed by atoms with Crippen molar-refractivity contribution in [3.8, 4) is 16.9 Å². The number of amides is 1. The number of carbonyl (C=O) groups excluding carboxylic acids is 1. The van der Waals surface area contributed by atoms with Crippen molar-refractivity contribution in [1.29, 1.82) is 0 Å². The number of aryl methyl sites for hydroxylation is 1. The molecule has 166 valence electrons. The van der Waals surface area contributed by atoms with Gasteiger partial charge in [-0.25, -0.2) is 0 Å². The van der Waals surface area contributed by atoms with E-state index in [1.807, 2.05) is 29.3 Å². The lowest BCUT2D eigenvalue weighted by atomic mass is 9.97. The van der Waals surface area contributed by atoms with Crippen LogP contribution in [0, 0.1) is 6.92 Å². The van der Waals surface area contributed by atoms with Crippen molar-refractivity contribution in [2.75, 3.05) is 13.2 Å². The summed E-state index contributed by atoms with van der Waals surface area (Å²) in [6.45, 7) is 5.67. The molecule has 2 aromatic carbocycles. The largest absolute Gasteiger partial charge is 0.490 e. The van der Waals surface area contributed by atoms with Crippen molar-refractivity contribution in [2.24, 2.45) is 0 Å². The molecule has 5 rings (SSSR count). The second kappa shape index (κ2) is 8.91. The zero-order valence-electron chi connectivity index (χ0n) is 18.8. The Morgan fingerprint density at radius 3 is 2.72 bits per heavy atom. The number of aromatic nitrogens is 1. The SMILES string of the molecule is Cc1c(-c2ccc(OC3CCN(C(=O)[C@H]4CCCO4)C(C)C3)cc2)ccc2cccnc12. The van der Waals surface area contributed by atoms with Crippen molar-refractivity contribution in [3.05, 3.63) is 60.3 Å². The van der Waals surface area contributed by atoms with Gasteiger partial charge >= 0.3 is 0 Å². The van der Waals surface area contributed by atoms with Gasteiger partial charge in [0.05, 0.1) is 5.52 Å². The first kappa shape index (κ1) is 21.0. The van der Waals surface area contributed by atoms with Gasteiger partial charge in [0.15, 0.2) is 0 Å². The van der Waals surface area contributed by atoms with E-state index in [4.69, 9.17) is 9.47 Å². The van der Waals surface area contributed by atoms with E-state index in [0.717, 1.165) is 54.4 Å². The number of nitrogens with zero attached hydrogens (tertiary/aromatic N) is 2. The molecule has 1 amide bonds. The Hall–Kier alpha value is -2.92. The van der Waals surface area contributed by atoms with Crippen molar-refractivity contribution < 1.29 is 14.3 Å². The molecule has 0 radical (unpaired) electrons. The number of fused-ring (bicyclic) bond motifs is 1. The third kappa shape index (κ3) is 4.09. The maximum atomic E-state index is 12.7. The highest BCUT2D eigenvalue weighted by molar-refractivity contribution is 5.88. The Morgan fingerprint density at radius 1 is 1.12 bits per heavy atom. The molecule has 0 saturated carbocycles. The third-order valence-electron chi connectivity index (χ3n) is 6.81. The molecule has 0 spiro atoms. The van der Waals surface area contributed by atoms with Crippen molar-refractivity contribution in [3.63, 3.8) is 0 Å². The summed E-state index contributed by atoms with van der Waals surface area (Å²) in [5, 5.41) is 1.16. The van der Waals surface area contributed by atoms with Gasteiger partial charge in [-0.2, -0.15) is 0 Å². The first-order chi connectivity index (χ1) is 15.6. The van der Waals surface area contributed by atoms with Crippen LogP contribution in [0.15, 0.2) is 54.7 Å². The molecular weight excluding hydrogens is 400 g/mol. The van der Waals surface area contributed by atoms with Crippen LogP contribution >= 0.6 is 0 Å². The summed E-state index contributed by atoms with van der Waals surface area (Å²) in [6, 6.07) is 16.8. The average Bonchev–Trinajstić information content (AvgIpc) is 3.35. The van der Waals surface area contributed by atoms with Gasteiger partial charge in [0, 0.05) is 43.6 Å². The number of hydrogen-bond acceptors (Lipinski definition) is 4. The third-order valence-corrected chi connectivity index (χ3v) is 6.81. The van der Waals surface area contributed by atoms with E-state index >= 15 is 0 Å². The summed E-state index contributed by atoms with van der Waals surface area (Å²) in [5.74, 6) is 1.03. The van der Waals surface area contributed by atoms with Crippen molar-refractivity contribution in [2.45, 2.75) is 57.8 Å². The number of ether oxygens (including phenoxy) is 2. The number of piperidine rings is 1. The van der Waals surface area contributed by atoms with Crippen molar-refractivity contribution in [1.82, 2.24) is 9.88 Å². The Bertz CT molecular complexity index is 1110. The molecule has 5 nitrogen and oxygen atoms in total. The second-order valence-corrected chi connectivity index (χ2v) is 8.98. The molecule has 3 atom stereocenters. The van der Waals surface area contributed by atoms with Gasteiger partial charge in [0.1, 0.15) is 18.0 Å². The minimum absolute atomic E-state index is 0.121. The van der Waals surface area contributed by atoms with Gasteiger partial charge in [0.2, 0.25) is 0 Å². The molecule has 2 fully saturated rings. The van der Waals surface area contributed by atoms with Crippen LogP contribution < -0.4 is 4.74 Å². The number of carbonyl (C=O) groups is 1. The highest BCUT2D eigenvalue weighted by Crippen LogP contribution is 2.31. The summed E-state index contributed by atoms with van der Waals surface area (Å²) >= 11 is 0. The standard InChI is InChI=1S/C27H30N2O3/c1-18-17-23(13-15-29(18)27(30)25-6-4-16-31-25)32-22-10-7-20(8-11-22)24-12-9-21-5-3-14-28-26(21)19(24)2/h3,5,7-12,14,18,23,25H,4,6,13,15-17H2,1-2H3/t18?,23?,25-/m1/s1. The lowest BCUT2D eigenvalue weighted by Crippen LogP contribution is -2.50. The zero-order chi connectivity index (χ0) is 22.1. The van der Waals surface area contributed by atoms with Gasteiger partial charge in [-0.1, -0.05) is 30.3 Å². The van der Waals surface area contributed by atoms with E-state index in [-0.39, 0.29) is 24.2 Å². The van der Waals surface area contributed by atoms with Crippen LogP contribution in [0.1, 0.15) is 38.2 Å². The molecular formula is C27H30N2O3. The van der Waals surface area contributed by atoms with Crippen LogP contribution in [0.3, 0.4) is 0 Å². The van der Waals surface area contributed by atoms with Gasteiger partial charge in [0.25, 0.3) is 5.91 Å². The summed E-state index contributed by atoms with van der Waals surface area (Å²) in [4.78, 5) is 19.2. The number of rotatable bonds is 4. The Balaban J connectivity index is 1.24. The number of hydrogen-bond donors (Lipinski definition) is 0. The second-order valence-electron chi connectivity index (χ2n) is 8.98. The van der Waals surface area contributed by atoms with E-state index < -0.39 is 0 Å². The van der Waals surface area contributed by atoms with Crippen LogP contribution in [-0.2, 0) is 9.53 Å². The van der Waals surface area contributed by atoms with Crippen molar-refractivity contribution >= 4 is 16.8 Å². The first-order valence-corrected chi connectivity index (χ1v) is 11.6. The van der Waals surface area contributed by atoms with Crippen LogP contribution in [0.4, 0.5) is 0 Å². The lowest BCUT2D eigenvalue weighted by molar-refractivity contribution is -0.145. The zero-order valence-corrected chi connectivity index (χ0v) is 18.8. The summed E-state index contributed by atoms with van der Waals surface area (Å²) in [7, 11) is 0. The van der Waals surface area contributed by atoms with Gasteiger partial charge in [-0.15, -0.1) is 0 Å². The maximum Gasteiger partial charge on any atom is 0.251 e. The molecule has 3 heterocycles. The molecule has 0 N–H and O–H groups in total. The minimum Gasteiger partial charge on any atom is -0.490 e. The Kier molecular flexibility index (Phi) is 5.83. The van der Waals surface area contributed by atoms with E-state index in [1.54, 1.807) is 0 Å². The molecule has 32 heavy (non-hydrogen) atoms. The molecule has 2 aliphatic rings. The first-order valence-electron chi connectivity index (χ1n) is 11.6. The highest BCUT2D eigenvalue weighted by Gasteiger charge is 2.35. The number of likely N-dealkylation sites (tertiary alicyclic amines) is 1. The van der Waals surface area contributed by atoms with E-state index in [2.05, 4.69) is 49.2 Å². The molecule has 2 saturated heterocycles. The Morgan fingerprint density at radius 2 is 1.97 bits per heavy atom. The predicted octanol–water partition coefficient (Wildman–Crippen LogP) is 5.15. The van der Waals surface area contributed by atoms with Crippen LogP contribution in [0.5, 0.6) is 5.75 Å². The smallest absolute Gasteiger partial charge is 0.251 e. The Labute approximate surface area is 189 Å². The van der Waals surface area contributed by atoms with Gasteiger partial charge in [-0.3, -0.25) is 9.78 Å². The van der Waals surface area contributed by atoms with E-state index in [1.165, 1.54) is 11.1 Å². The van der Waals surface area contributed by atoms with Gasteiger partial charge < -0.3 is 14.4 Å². The van der Waals surface area contributed by atoms with E-state index in [9.17, 15) is 4.79 Å². The molecule has 0 aliphatic carbocycles. The van der Waals surface area contributed by atoms with Crippen LogP contribution in [0.25, 0.3) is 22.0 Å². The summed E-state index contributed by atoms with van der Waals surface area (Å²) < 4.78 is 11.9. The van der Waals surface area contributed by atoms with E-state index in [0.29, 0.717) is 6.61 Å². The highest BCUT2D eigenvalue weighted by atomic mass is 16.5. The summed E-state index contributed by atoms with van der Waals surface area (Å²) in [6.07, 6.45) is 5.25. The normalized spacial score (nSPS) is 23.4. The van der Waals surface area contributed by atoms with Gasteiger partial charge in [-0.05, 0) is 61.6 Å². The van der Waals surface area contributed by atoms with Crippen LogP contribution in [-0.4, -0.2) is 47.2 Å². The molecule has 2 aliphatic heterocycles. The molecule has 0 bridgehead atoms. The summed E-state index contributed by atoms with van der Waals surface area (Å²) in [5.41, 5.74) is 4.59. The maximum absolute atomic E-state index is 12.7. The minimum atomic E-state index is -0.240. The van der Waals surface area contributed by atoms with Crippen LogP contribution in [0.2, 0.25) is 0 Å². The lowest BCUT2D eigenvalue weighted by Gasteiger charge is -2.38. The number of benzene rings is 2. The quantitative estimate of drug-likeness (QED) is 0.575. The average molecular weight is 431 g/mol. The fourth-order valence-corrected chi connectivity index (χ4v) is 5.03. The number of pyridine rings is 1. The molecule has 1 aromatic heterocycles. The predicted molar refractivity (Wildman–Crippen MR) is 126 cm³/mol. The molecule has 2 unspecified atom stereocenters. The fraction of sp³-hybridized carbons (Fsp3) is 0.407. The molecule has 5 heteroatoms. The monoisotopic (exact) mass is 430 g/mol. The molecule has 3 aromatic rings. The topological polar surface area (TPSA) is 51.7 Å². The fourth-order valence-electron chi connectivity index (χ4n) is 5.03.